The summed E-state index contributed by atoms with van der Waals surface area (Å²) in [5.74, 6) is 1.32. The van der Waals surface area contributed by atoms with E-state index in [9.17, 15) is 0 Å². The van der Waals surface area contributed by atoms with Gasteiger partial charge in [0, 0.05) is 48.6 Å². The third kappa shape index (κ3) is 3.91. The van der Waals surface area contributed by atoms with Crippen molar-refractivity contribution in [1.82, 2.24) is 14.5 Å². The summed E-state index contributed by atoms with van der Waals surface area (Å²) >= 11 is 0. The number of fused-ring (bicyclic) bond motifs is 1. The molecule has 0 saturated heterocycles. The molecule has 132 valence electrons. The third-order valence-corrected chi connectivity index (χ3v) is 4.44. The van der Waals surface area contributed by atoms with Crippen molar-refractivity contribution in [2.75, 3.05) is 17.2 Å². The van der Waals surface area contributed by atoms with E-state index in [0.29, 0.717) is 12.5 Å². The van der Waals surface area contributed by atoms with Crippen LogP contribution in [0.25, 0.3) is 10.9 Å². The van der Waals surface area contributed by atoms with Crippen LogP contribution < -0.4 is 16.4 Å². The normalized spacial score (nSPS) is 13.0. The molecule has 0 fully saturated rings. The Morgan fingerprint density at radius 3 is 2.76 bits per heavy atom. The predicted octanol–water partition coefficient (Wildman–Crippen LogP) is 3.50. The highest BCUT2D eigenvalue weighted by atomic mass is 15.1. The molecular formula is C19H26N6. The lowest BCUT2D eigenvalue weighted by molar-refractivity contribution is 0.331. The number of nitrogens with zero attached hydrogens (tertiary/aromatic N) is 3. The van der Waals surface area contributed by atoms with Crippen LogP contribution in [0.1, 0.15) is 20.8 Å². The first kappa shape index (κ1) is 17.2. The molecule has 0 spiro atoms. The van der Waals surface area contributed by atoms with Crippen molar-refractivity contribution in [3.63, 3.8) is 0 Å². The van der Waals surface area contributed by atoms with Gasteiger partial charge >= 0.3 is 0 Å². The molecule has 2 heterocycles. The molecule has 0 saturated carbocycles. The van der Waals surface area contributed by atoms with Gasteiger partial charge in [0.2, 0.25) is 5.95 Å². The van der Waals surface area contributed by atoms with E-state index in [-0.39, 0.29) is 11.5 Å². The molecule has 0 aliphatic rings. The van der Waals surface area contributed by atoms with Gasteiger partial charge in [-0.05, 0) is 29.7 Å². The fourth-order valence-electron chi connectivity index (χ4n) is 2.57. The average Bonchev–Trinajstić information content (AvgIpc) is 2.95. The molecule has 4 N–H and O–H groups in total. The van der Waals surface area contributed by atoms with Crippen LogP contribution in [0.15, 0.2) is 42.7 Å². The van der Waals surface area contributed by atoms with E-state index in [1.807, 2.05) is 25.2 Å². The van der Waals surface area contributed by atoms with Crippen molar-refractivity contribution in [2.24, 2.45) is 18.2 Å². The Kier molecular flexibility index (Phi) is 4.63. The predicted molar refractivity (Wildman–Crippen MR) is 104 cm³/mol. The van der Waals surface area contributed by atoms with Gasteiger partial charge in [0.15, 0.2) is 0 Å². The van der Waals surface area contributed by atoms with Gasteiger partial charge < -0.3 is 20.9 Å². The summed E-state index contributed by atoms with van der Waals surface area (Å²) in [6, 6.07) is 10.2. The van der Waals surface area contributed by atoms with Gasteiger partial charge in [-0.1, -0.05) is 26.8 Å². The van der Waals surface area contributed by atoms with Crippen LogP contribution in [0.2, 0.25) is 0 Å². The van der Waals surface area contributed by atoms with Gasteiger partial charge in [-0.15, -0.1) is 0 Å². The summed E-state index contributed by atoms with van der Waals surface area (Å²) in [5.41, 5.74) is 8.42. The third-order valence-electron chi connectivity index (χ3n) is 4.44. The summed E-state index contributed by atoms with van der Waals surface area (Å²) < 4.78 is 2.10. The van der Waals surface area contributed by atoms with Gasteiger partial charge in [-0.3, -0.25) is 0 Å². The van der Waals surface area contributed by atoms with Crippen LogP contribution in [0.5, 0.6) is 0 Å². The first-order valence-corrected chi connectivity index (χ1v) is 8.48. The summed E-state index contributed by atoms with van der Waals surface area (Å²) in [5, 5.41) is 7.77. The highest BCUT2D eigenvalue weighted by molar-refractivity contribution is 5.93. The van der Waals surface area contributed by atoms with Crippen molar-refractivity contribution in [3.05, 3.63) is 42.7 Å². The molecule has 6 heteroatoms. The van der Waals surface area contributed by atoms with Crippen LogP contribution in [0.4, 0.5) is 17.5 Å². The van der Waals surface area contributed by atoms with Crippen molar-refractivity contribution in [2.45, 2.75) is 26.8 Å². The monoisotopic (exact) mass is 338 g/mol. The van der Waals surface area contributed by atoms with E-state index in [1.54, 1.807) is 6.20 Å². The second-order valence-electron chi connectivity index (χ2n) is 7.41. The molecule has 6 nitrogen and oxygen atoms in total. The maximum absolute atomic E-state index is 6.19. The smallest absolute Gasteiger partial charge is 0.224 e. The summed E-state index contributed by atoms with van der Waals surface area (Å²) in [6.45, 7) is 7.00. The standard InChI is InChI=1S/C19H26N6/c1-19(2,3)16(20)12-22-18-21-10-8-17(24-18)23-14-6-5-7-15-13(14)9-11-25(15)4/h5-11,16H,12,20H2,1-4H3,(H2,21,22,23,24)/t16-/m1/s1. The largest absolute Gasteiger partial charge is 0.353 e. The molecular weight excluding hydrogens is 312 g/mol. The Morgan fingerprint density at radius 2 is 2.00 bits per heavy atom. The number of rotatable bonds is 5. The molecule has 0 bridgehead atoms. The molecule has 25 heavy (non-hydrogen) atoms. The van der Waals surface area contributed by atoms with Gasteiger partial charge in [-0.25, -0.2) is 4.98 Å². The second kappa shape index (κ2) is 6.72. The van der Waals surface area contributed by atoms with Crippen molar-refractivity contribution >= 4 is 28.4 Å². The minimum Gasteiger partial charge on any atom is -0.353 e. The zero-order chi connectivity index (χ0) is 18.0. The van der Waals surface area contributed by atoms with Gasteiger partial charge in [0.05, 0.1) is 0 Å². The zero-order valence-electron chi connectivity index (χ0n) is 15.2. The Balaban J connectivity index is 1.75. The number of nitrogens with two attached hydrogens (primary N) is 1. The number of aryl methyl sites for hydroxylation is 1. The van der Waals surface area contributed by atoms with Crippen molar-refractivity contribution < 1.29 is 0 Å². The van der Waals surface area contributed by atoms with Gasteiger partial charge in [-0.2, -0.15) is 4.98 Å². The summed E-state index contributed by atoms with van der Waals surface area (Å²) in [6.07, 6.45) is 3.79. The van der Waals surface area contributed by atoms with Gasteiger partial charge in [0.25, 0.3) is 0 Å². The number of aromatic nitrogens is 3. The molecule has 0 unspecified atom stereocenters. The minimum absolute atomic E-state index is 0.0192. The molecule has 1 atom stereocenters. The van der Waals surface area contributed by atoms with Gasteiger partial charge in [0.1, 0.15) is 5.82 Å². The highest BCUT2D eigenvalue weighted by Gasteiger charge is 2.20. The van der Waals surface area contributed by atoms with Crippen LogP contribution in [-0.2, 0) is 7.05 Å². The van der Waals surface area contributed by atoms with E-state index >= 15 is 0 Å². The van der Waals surface area contributed by atoms with Crippen LogP contribution in [-0.4, -0.2) is 27.1 Å². The first-order chi connectivity index (χ1) is 11.8. The first-order valence-electron chi connectivity index (χ1n) is 8.48. The number of anilines is 3. The molecule has 0 radical (unpaired) electrons. The maximum Gasteiger partial charge on any atom is 0.224 e. The van der Waals surface area contributed by atoms with E-state index in [4.69, 9.17) is 5.73 Å². The molecule has 0 amide bonds. The quantitative estimate of drug-likeness (QED) is 0.663. The Morgan fingerprint density at radius 1 is 1.20 bits per heavy atom. The highest BCUT2D eigenvalue weighted by Crippen LogP contribution is 2.26. The van der Waals surface area contributed by atoms with Crippen LogP contribution >= 0.6 is 0 Å². The lowest BCUT2D eigenvalue weighted by Crippen LogP contribution is -2.41. The molecule has 3 rings (SSSR count). The lowest BCUT2D eigenvalue weighted by Gasteiger charge is -2.27. The molecule has 0 aliphatic heterocycles. The number of benzene rings is 1. The maximum atomic E-state index is 6.19. The molecule has 3 aromatic rings. The molecule has 1 aromatic carbocycles. The SMILES string of the molecule is Cn1ccc2c(Nc3ccnc(NC[C@@H](N)C(C)(C)C)n3)cccc21. The fourth-order valence-corrected chi connectivity index (χ4v) is 2.57. The minimum atomic E-state index is 0.0192. The van der Waals surface area contributed by atoms with E-state index in [2.05, 4.69) is 64.3 Å². The zero-order valence-corrected chi connectivity index (χ0v) is 15.2. The van der Waals surface area contributed by atoms with Crippen molar-refractivity contribution in [3.8, 4) is 0 Å². The fraction of sp³-hybridized carbons (Fsp3) is 0.368. The lowest BCUT2D eigenvalue weighted by atomic mass is 9.87. The average molecular weight is 338 g/mol. The van der Waals surface area contributed by atoms with E-state index < -0.39 is 0 Å². The molecule has 0 aliphatic carbocycles. The number of nitrogens with one attached hydrogen (secondary N) is 2. The molecule has 2 aromatic heterocycles. The van der Waals surface area contributed by atoms with E-state index in [1.165, 1.54) is 5.52 Å². The summed E-state index contributed by atoms with van der Waals surface area (Å²) in [7, 11) is 2.04. The van der Waals surface area contributed by atoms with Crippen LogP contribution in [0, 0.1) is 5.41 Å². The Hall–Kier alpha value is -2.60. The van der Waals surface area contributed by atoms with E-state index in [0.717, 1.165) is 16.9 Å². The summed E-state index contributed by atoms with van der Waals surface area (Å²) in [4.78, 5) is 8.82. The number of hydrogen-bond donors (Lipinski definition) is 3. The Labute approximate surface area is 148 Å². The second-order valence-corrected chi connectivity index (χ2v) is 7.41. The topological polar surface area (TPSA) is 80.8 Å². The Bertz CT molecular complexity index is 862. The number of hydrogen-bond acceptors (Lipinski definition) is 5. The van der Waals surface area contributed by atoms with Crippen molar-refractivity contribution in [1.29, 1.82) is 0 Å². The van der Waals surface area contributed by atoms with Crippen LogP contribution in [0.3, 0.4) is 0 Å².